The van der Waals surface area contributed by atoms with Crippen molar-refractivity contribution in [3.63, 3.8) is 0 Å². The van der Waals surface area contributed by atoms with E-state index in [2.05, 4.69) is 20.3 Å². The number of pyridine rings is 1. The molecule has 0 saturated carbocycles. The van der Waals surface area contributed by atoms with Crippen molar-refractivity contribution in [2.45, 2.75) is 12.8 Å². The topological polar surface area (TPSA) is 89.8 Å². The number of benzene rings is 1. The summed E-state index contributed by atoms with van der Waals surface area (Å²) in [6, 6.07) is 11.1. The van der Waals surface area contributed by atoms with E-state index in [0.717, 1.165) is 5.56 Å². The van der Waals surface area contributed by atoms with Gasteiger partial charge in [-0.1, -0.05) is 30.3 Å². The molecule has 0 spiro atoms. The molecule has 4 rings (SSSR count). The van der Waals surface area contributed by atoms with Crippen LogP contribution in [0.5, 0.6) is 0 Å². The number of carbonyl (C=O) groups excluding carboxylic acids is 2. The van der Waals surface area contributed by atoms with Crippen LogP contribution in [0, 0.1) is 0 Å². The van der Waals surface area contributed by atoms with E-state index in [1.54, 1.807) is 23.0 Å². The first kappa shape index (κ1) is 18.5. The van der Waals surface area contributed by atoms with Crippen LogP contribution in [0.15, 0.2) is 67.5 Å². The van der Waals surface area contributed by atoms with E-state index in [-0.39, 0.29) is 17.6 Å². The van der Waals surface area contributed by atoms with E-state index in [1.807, 2.05) is 44.3 Å². The number of aromatic nitrogens is 4. The predicted molar refractivity (Wildman–Crippen MR) is 110 cm³/mol. The lowest BCUT2D eigenvalue weighted by Gasteiger charge is -2.12. The van der Waals surface area contributed by atoms with Gasteiger partial charge in [0.25, 0.3) is 0 Å². The summed E-state index contributed by atoms with van der Waals surface area (Å²) in [5.41, 5.74) is 2.94. The van der Waals surface area contributed by atoms with E-state index >= 15 is 0 Å². The van der Waals surface area contributed by atoms with E-state index in [4.69, 9.17) is 0 Å². The Morgan fingerprint density at radius 2 is 1.86 bits per heavy atom. The van der Waals surface area contributed by atoms with Crippen LogP contribution in [-0.4, -0.2) is 31.2 Å². The minimum absolute atomic E-state index is 0.166. The minimum Gasteiger partial charge on any atom is -0.335 e. The van der Waals surface area contributed by atoms with Crippen LogP contribution < -0.4 is 5.32 Å². The highest BCUT2D eigenvalue weighted by Gasteiger charge is 2.19. The zero-order valence-corrected chi connectivity index (χ0v) is 16.0. The smallest absolute Gasteiger partial charge is 0.231 e. The summed E-state index contributed by atoms with van der Waals surface area (Å²) in [6.45, 7) is 1.84. The monoisotopic (exact) mass is 385 g/mol. The number of ketones is 1. The molecule has 1 atom stereocenters. The van der Waals surface area contributed by atoms with Gasteiger partial charge in [0.1, 0.15) is 12.0 Å². The van der Waals surface area contributed by atoms with Gasteiger partial charge in [-0.2, -0.15) is 0 Å². The molecule has 3 aromatic heterocycles. The highest BCUT2D eigenvalue weighted by atomic mass is 16.2. The van der Waals surface area contributed by atoms with E-state index < -0.39 is 0 Å². The number of fused-ring (bicyclic) bond motifs is 1. The highest BCUT2D eigenvalue weighted by molar-refractivity contribution is 6.16. The summed E-state index contributed by atoms with van der Waals surface area (Å²) >= 11 is 0. The van der Waals surface area contributed by atoms with Crippen LogP contribution in [0.1, 0.15) is 34.3 Å². The largest absolute Gasteiger partial charge is 0.335 e. The molecule has 3 heterocycles. The Morgan fingerprint density at radius 1 is 1.07 bits per heavy atom. The molecule has 1 unspecified atom stereocenters. The summed E-state index contributed by atoms with van der Waals surface area (Å²) in [5, 5.41) is 3.52. The van der Waals surface area contributed by atoms with Gasteiger partial charge in [0.15, 0.2) is 5.78 Å². The molecule has 7 nitrogen and oxygen atoms in total. The lowest BCUT2D eigenvalue weighted by molar-refractivity contribution is -0.117. The van der Waals surface area contributed by atoms with Crippen molar-refractivity contribution < 1.29 is 9.59 Å². The number of hydrogen-bond donors (Lipinski definition) is 1. The van der Waals surface area contributed by atoms with Crippen LogP contribution in [0.25, 0.3) is 11.0 Å². The fourth-order valence-corrected chi connectivity index (χ4v) is 3.23. The normalized spacial score (nSPS) is 11.9. The lowest BCUT2D eigenvalue weighted by Crippen LogP contribution is -2.19. The molecule has 29 heavy (non-hydrogen) atoms. The van der Waals surface area contributed by atoms with Gasteiger partial charge in [-0.25, -0.2) is 9.97 Å². The first-order valence-corrected chi connectivity index (χ1v) is 9.15. The highest BCUT2D eigenvalue weighted by Crippen LogP contribution is 2.22. The standard InChI is InChI=1S/C22H19N5O2/c1-14(15-6-4-3-5-7-15)22(29)26-17-8-16(9-23-10-17)20(28)19-12-27(2)21-18(19)11-24-13-25-21/h3-14H,1-2H3,(H,26,29). The fraction of sp³-hybridized carbons (Fsp3) is 0.136. The zero-order chi connectivity index (χ0) is 20.4. The molecule has 7 heteroatoms. The van der Waals surface area contributed by atoms with E-state index in [0.29, 0.717) is 27.8 Å². The van der Waals surface area contributed by atoms with Gasteiger partial charge in [0, 0.05) is 36.6 Å². The summed E-state index contributed by atoms with van der Waals surface area (Å²) in [6.07, 6.45) is 7.81. The second-order valence-corrected chi connectivity index (χ2v) is 6.83. The van der Waals surface area contributed by atoms with Crippen LogP contribution >= 0.6 is 0 Å². The summed E-state index contributed by atoms with van der Waals surface area (Å²) in [5.74, 6) is -0.697. The average molecular weight is 385 g/mol. The Hall–Kier alpha value is -3.87. The molecule has 1 aromatic carbocycles. The Bertz CT molecular complexity index is 1200. The fourth-order valence-electron chi connectivity index (χ4n) is 3.23. The van der Waals surface area contributed by atoms with Crippen molar-refractivity contribution in [3.8, 4) is 0 Å². The maximum atomic E-state index is 13.0. The quantitative estimate of drug-likeness (QED) is 0.532. The molecular formula is C22H19N5O2. The first-order valence-electron chi connectivity index (χ1n) is 9.15. The van der Waals surface area contributed by atoms with Crippen LogP contribution in [0.4, 0.5) is 5.69 Å². The number of anilines is 1. The third-order valence-corrected chi connectivity index (χ3v) is 4.84. The summed E-state index contributed by atoms with van der Waals surface area (Å²) in [7, 11) is 1.83. The van der Waals surface area contributed by atoms with Crippen molar-refractivity contribution in [2.24, 2.45) is 7.05 Å². The maximum absolute atomic E-state index is 13.0. The molecular weight excluding hydrogens is 366 g/mol. The second kappa shape index (κ2) is 7.63. The SMILES string of the molecule is CC(C(=O)Nc1cncc(C(=O)c2cn(C)c3ncncc23)c1)c1ccccc1. The van der Waals surface area contributed by atoms with Crippen molar-refractivity contribution >= 4 is 28.4 Å². The number of aryl methyl sites for hydroxylation is 1. The third kappa shape index (κ3) is 3.62. The average Bonchev–Trinajstić information content (AvgIpc) is 3.10. The molecule has 144 valence electrons. The van der Waals surface area contributed by atoms with Crippen LogP contribution in [0.3, 0.4) is 0 Å². The van der Waals surface area contributed by atoms with Crippen molar-refractivity contribution in [1.29, 1.82) is 0 Å². The van der Waals surface area contributed by atoms with Gasteiger partial charge in [0.05, 0.1) is 23.4 Å². The second-order valence-electron chi connectivity index (χ2n) is 6.83. The van der Waals surface area contributed by atoms with Crippen molar-refractivity contribution in [3.05, 3.63) is 84.2 Å². The van der Waals surface area contributed by atoms with Crippen LogP contribution in [0.2, 0.25) is 0 Å². The molecule has 0 aliphatic carbocycles. The number of carbonyl (C=O) groups is 2. The number of amides is 1. The van der Waals surface area contributed by atoms with Gasteiger partial charge in [-0.05, 0) is 18.6 Å². The van der Waals surface area contributed by atoms with Crippen LogP contribution in [-0.2, 0) is 11.8 Å². The predicted octanol–water partition coefficient (Wildman–Crippen LogP) is 3.34. The number of nitrogens with one attached hydrogen (secondary N) is 1. The number of rotatable bonds is 5. The molecule has 4 aromatic rings. The summed E-state index contributed by atoms with van der Waals surface area (Å²) in [4.78, 5) is 38.0. The Balaban J connectivity index is 1.58. The third-order valence-electron chi connectivity index (χ3n) is 4.84. The van der Waals surface area contributed by atoms with E-state index in [1.165, 1.54) is 18.7 Å². The lowest BCUT2D eigenvalue weighted by atomic mass is 10.0. The first-order chi connectivity index (χ1) is 14.0. The number of hydrogen-bond acceptors (Lipinski definition) is 5. The van der Waals surface area contributed by atoms with Crippen molar-refractivity contribution in [2.75, 3.05) is 5.32 Å². The van der Waals surface area contributed by atoms with Gasteiger partial charge in [0.2, 0.25) is 5.91 Å². The molecule has 1 N–H and O–H groups in total. The molecule has 0 radical (unpaired) electrons. The maximum Gasteiger partial charge on any atom is 0.231 e. The molecule has 0 saturated heterocycles. The number of nitrogens with zero attached hydrogens (tertiary/aromatic N) is 4. The van der Waals surface area contributed by atoms with Gasteiger partial charge in [-0.15, -0.1) is 0 Å². The minimum atomic E-state index is -0.328. The van der Waals surface area contributed by atoms with Gasteiger partial charge < -0.3 is 9.88 Å². The molecule has 0 bridgehead atoms. The zero-order valence-electron chi connectivity index (χ0n) is 16.0. The molecule has 0 aliphatic heterocycles. The van der Waals surface area contributed by atoms with Gasteiger partial charge >= 0.3 is 0 Å². The Kier molecular flexibility index (Phi) is 4.87. The molecule has 1 amide bonds. The Morgan fingerprint density at radius 3 is 2.66 bits per heavy atom. The van der Waals surface area contributed by atoms with Gasteiger partial charge in [-0.3, -0.25) is 14.6 Å². The molecule has 0 aliphatic rings. The Labute approximate surface area is 167 Å². The molecule has 0 fully saturated rings. The van der Waals surface area contributed by atoms with Crippen molar-refractivity contribution in [1.82, 2.24) is 19.5 Å². The van der Waals surface area contributed by atoms with E-state index in [9.17, 15) is 9.59 Å². The summed E-state index contributed by atoms with van der Waals surface area (Å²) < 4.78 is 1.78.